The van der Waals surface area contributed by atoms with E-state index in [0.717, 1.165) is 24.9 Å². The molecule has 5 atom stereocenters. The molecular weight excluding hydrogens is 406 g/mol. The van der Waals surface area contributed by atoms with Crippen LogP contribution in [-0.2, 0) is 9.59 Å². The number of nitrogens with one attached hydrogen (secondary N) is 3. The fourth-order valence-electron chi connectivity index (χ4n) is 4.65. The molecule has 0 radical (unpaired) electrons. The minimum atomic E-state index is -0.512. The normalized spacial score (nSPS) is 27.5. The van der Waals surface area contributed by atoms with E-state index in [0.29, 0.717) is 23.8 Å². The number of rotatable bonds is 6. The number of thioether (sulfide) groups is 1. The molecule has 1 aliphatic heterocycles. The van der Waals surface area contributed by atoms with Crippen molar-refractivity contribution in [3.8, 4) is 0 Å². The van der Waals surface area contributed by atoms with Gasteiger partial charge in [-0.2, -0.15) is 0 Å². The van der Waals surface area contributed by atoms with Gasteiger partial charge in [0.05, 0.1) is 11.3 Å². The summed E-state index contributed by atoms with van der Waals surface area (Å²) in [5.41, 5.74) is 1.72. The zero-order valence-electron chi connectivity index (χ0n) is 18.6. The molecule has 1 fully saturated rings. The number of hydrogen-bond acceptors (Lipinski definition) is 4. The van der Waals surface area contributed by atoms with E-state index in [-0.39, 0.29) is 29.1 Å². The van der Waals surface area contributed by atoms with E-state index in [2.05, 4.69) is 54.9 Å². The molecule has 2 amide bonds. The molecule has 3 aliphatic rings. The van der Waals surface area contributed by atoms with Crippen LogP contribution in [0.2, 0.25) is 0 Å². The molecule has 31 heavy (non-hydrogen) atoms. The van der Waals surface area contributed by atoms with Crippen molar-refractivity contribution in [1.29, 1.82) is 0 Å². The zero-order valence-corrected chi connectivity index (χ0v) is 19.4. The van der Waals surface area contributed by atoms with Crippen LogP contribution >= 0.6 is 11.8 Å². The van der Waals surface area contributed by atoms with E-state index in [1.807, 2.05) is 36.0 Å². The Morgan fingerprint density at radius 1 is 1.23 bits per heavy atom. The Morgan fingerprint density at radius 2 is 2.03 bits per heavy atom. The van der Waals surface area contributed by atoms with Crippen molar-refractivity contribution in [2.45, 2.75) is 74.7 Å². The molecule has 3 N–H and O–H groups in total. The summed E-state index contributed by atoms with van der Waals surface area (Å²) in [4.78, 5) is 27.3. The maximum absolute atomic E-state index is 13.1. The van der Waals surface area contributed by atoms with E-state index in [1.54, 1.807) is 0 Å². The largest absolute Gasteiger partial charge is 0.376 e. The topological polar surface area (TPSA) is 70.2 Å². The third-order valence-corrected chi connectivity index (χ3v) is 7.76. The van der Waals surface area contributed by atoms with Crippen molar-refractivity contribution in [3.63, 3.8) is 0 Å². The van der Waals surface area contributed by atoms with Gasteiger partial charge in [0.15, 0.2) is 0 Å². The van der Waals surface area contributed by atoms with Gasteiger partial charge in [-0.25, -0.2) is 0 Å². The van der Waals surface area contributed by atoms with Gasteiger partial charge in [-0.3, -0.25) is 9.59 Å². The highest BCUT2D eigenvalue weighted by Crippen LogP contribution is 2.40. The Hall–Kier alpha value is -2.21. The van der Waals surface area contributed by atoms with Gasteiger partial charge < -0.3 is 16.0 Å². The molecule has 0 bridgehead atoms. The number of anilines is 1. The van der Waals surface area contributed by atoms with Crippen molar-refractivity contribution < 1.29 is 9.59 Å². The third-order valence-electron chi connectivity index (χ3n) is 6.43. The van der Waals surface area contributed by atoms with Gasteiger partial charge >= 0.3 is 0 Å². The highest BCUT2D eigenvalue weighted by atomic mass is 32.2. The molecular formula is C25H33N3O2S. The van der Waals surface area contributed by atoms with Crippen LogP contribution < -0.4 is 16.0 Å². The summed E-state index contributed by atoms with van der Waals surface area (Å²) >= 11 is 1.81. The number of fused-ring (bicyclic) bond motifs is 2. The van der Waals surface area contributed by atoms with Crippen LogP contribution in [-0.4, -0.2) is 35.2 Å². The molecule has 166 valence electrons. The Labute approximate surface area is 189 Å². The van der Waals surface area contributed by atoms with E-state index in [1.165, 1.54) is 4.90 Å². The van der Waals surface area contributed by atoms with Crippen LogP contribution in [0.5, 0.6) is 0 Å². The standard InChI is InChI=1S/C25H33N3O2S/c1-15(2)13-21(25(30)27-18-9-6-7-16(18)3)28-24(29)17-11-12-23-20(14-17)26-19-8-4-5-10-22(19)31-23/h4-5,8,10-12,14-16,18,20-21,23,26H,6-7,9,13H2,1-3H3,(H,27,30)(H,28,29)/t16-,18-,20?,21-,23?/m0/s1. The Morgan fingerprint density at radius 3 is 2.77 bits per heavy atom. The van der Waals surface area contributed by atoms with Crippen molar-refractivity contribution >= 4 is 29.3 Å². The Balaban J connectivity index is 1.43. The van der Waals surface area contributed by atoms with Crippen LogP contribution in [0.25, 0.3) is 0 Å². The predicted octanol–water partition coefficient (Wildman–Crippen LogP) is 4.27. The minimum absolute atomic E-state index is 0.0562. The first-order valence-corrected chi connectivity index (χ1v) is 12.3. The molecule has 1 aromatic carbocycles. The summed E-state index contributed by atoms with van der Waals surface area (Å²) in [7, 11) is 0. The fraction of sp³-hybridized carbons (Fsp3) is 0.520. The van der Waals surface area contributed by atoms with Gasteiger partial charge in [-0.1, -0.05) is 51.5 Å². The summed E-state index contributed by atoms with van der Waals surface area (Å²) in [6.07, 6.45) is 9.93. The Bertz CT molecular complexity index is 895. The maximum atomic E-state index is 13.1. The van der Waals surface area contributed by atoms with Gasteiger partial charge in [0, 0.05) is 22.2 Å². The lowest BCUT2D eigenvalue weighted by Crippen LogP contribution is -2.51. The second-order valence-corrected chi connectivity index (χ2v) is 10.6. The van der Waals surface area contributed by atoms with Gasteiger partial charge in [0.2, 0.25) is 5.91 Å². The van der Waals surface area contributed by atoms with Gasteiger partial charge in [-0.05, 0) is 49.3 Å². The fourth-order valence-corrected chi connectivity index (χ4v) is 5.81. The number of amides is 2. The van der Waals surface area contributed by atoms with Crippen molar-refractivity contribution in [2.75, 3.05) is 5.32 Å². The van der Waals surface area contributed by atoms with Crippen molar-refractivity contribution in [1.82, 2.24) is 10.6 Å². The van der Waals surface area contributed by atoms with Crippen LogP contribution in [0.1, 0.15) is 46.5 Å². The molecule has 6 heteroatoms. The molecule has 5 nitrogen and oxygen atoms in total. The number of para-hydroxylation sites is 1. The number of carbonyl (C=O) groups is 2. The molecule has 2 aliphatic carbocycles. The minimum Gasteiger partial charge on any atom is -0.376 e. The molecule has 0 saturated heterocycles. The van der Waals surface area contributed by atoms with E-state index in [9.17, 15) is 9.59 Å². The summed E-state index contributed by atoms with van der Waals surface area (Å²) < 4.78 is 0. The molecule has 4 rings (SSSR count). The first kappa shape index (κ1) is 22.0. The SMILES string of the molecule is CC(C)C[C@H](NC(=O)C1=CC2Nc3ccccc3SC2C=C1)C(=O)N[C@H]1CCC[C@@H]1C. The summed E-state index contributed by atoms with van der Waals surface area (Å²) in [5, 5.41) is 10.0. The lowest BCUT2D eigenvalue weighted by Gasteiger charge is -2.33. The molecule has 1 heterocycles. The molecule has 0 spiro atoms. The summed E-state index contributed by atoms with van der Waals surface area (Å²) in [6, 6.07) is 8.01. The third kappa shape index (κ3) is 5.17. The predicted molar refractivity (Wildman–Crippen MR) is 127 cm³/mol. The van der Waals surface area contributed by atoms with Crippen molar-refractivity contribution in [2.24, 2.45) is 11.8 Å². The first-order chi connectivity index (χ1) is 14.9. The average molecular weight is 440 g/mol. The van der Waals surface area contributed by atoms with E-state index in [4.69, 9.17) is 0 Å². The second-order valence-electron chi connectivity index (χ2n) is 9.41. The van der Waals surface area contributed by atoms with Crippen LogP contribution in [0.15, 0.2) is 53.0 Å². The van der Waals surface area contributed by atoms with Gasteiger partial charge in [0.1, 0.15) is 6.04 Å². The highest BCUT2D eigenvalue weighted by Gasteiger charge is 2.32. The van der Waals surface area contributed by atoms with Gasteiger partial charge in [-0.15, -0.1) is 11.8 Å². The number of carbonyl (C=O) groups excluding carboxylic acids is 2. The second kappa shape index (κ2) is 9.51. The summed E-state index contributed by atoms with van der Waals surface area (Å²) in [6.45, 7) is 6.35. The van der Waals surface area contributed by atoms with E-state index >= 15 is 0 Å². The summed E-state index contributed by atoms with van der Waals surface area (Å²) in [5.74, 6) is 0.572. The smallest absolute Gasteiger partial charge is 0.251 e. The first-order valence-electron chi connectivity index (χ1n) is 11.4. The molecule has 2 unspecified atom stereocenters. The molecule has 0 aromatic heterocycles. The zero-order chi connectivity index (χ0) is 22.0. The highest BCUT2D eigenvalue weighted by molar-refractivity contribution is 8.00. The maximum Gasteiger partial charge on any atom is 0.251 e. The quantitative estimate of drug-likeness (QED) is 0.619. The number of hydrogen-bond donors (Lipinski definition) is 3. The van der Waals surface area contributed by atoms with Gasteiger partial charge in [0.25, 0.3) is 5.91 Å². The lowest BCUT2D eigenvalue weighted by molar-refractivity contribution is -0.128. The van der Waals surface area contributed by atoms with Crippen LogP contribution in [0, 0.1) is 11.8 Å². The van der Waals surface area contributed by atoms with Crippen LogP contribution in [0.3, 0.4) is 0 Å². The lowest BCUT2D eigenvalue weighted by atomic mass is 9.98. The average Bonchev–Trinajstić information content (AvgIpc) is 3.15. The van der Waals surface area contributed by atoms with Crippen LogP contribution in [0.4, 0.5) is 5.69 Å². The van der Waals surface area contributed by atoms with Crippen molar-refractivity contribution in [3.05, 3.63) is 48.1 Å². The molecule has 1 saturated carbocycles. The monoisotopic (exact) mass is 439 g/mol. The Kier molecular flexibility index (Phi) is 6.75. The molecule has 1 aromatic rings. The van der Waals surface area contributed by atoms with E-state index < -0.39 is 6.04 Å². The number of benzene rings is 1.